The topological polar surface area (TPSA) is 31.4 Å². The number of nitrogens with one attached hydrogen (secondary N) is 1. The Bertz CT molecular complexity index is 383. The summed E-state index contributed by atoms with van der Waals surface area (Å²) in [6.45, 7) is 6.41. The highest BCUT2D eigenvalue weighted by Gasteiger charge is 2.21. The molecule has 1 saturated heterocycles. The molecule has 0 spiro atoms. The van der Waals surface area contributed by atoms with Crippen molar-refractivity contribution >= 4 is 5.82 Å². The van der Waals surface area contributed by atoms with Crippen LogP contribution in [0.4, 0.5) is 5.82 Å². The summed E-state index contributed by atoms with van der Waals surface area (Å²) >= 11 is 0. The van der Waals surface area contributed by atoms with Crippen LogP contribution >= 0.6 is 0 Å². The van der Waals surface area contributed by atoms with Gasteiger partial charge >= 0.3 is 0 Å². The summed E-state index contributed by atoms with van der Waals surface area (Å²) in [5.41, 5.74) is 1.31. The molecule has 1 fully saturated rings. The van der Waals surface area contributed by atoms with Gasteiger partial charge in [0.15, 0.2) is 0 Å². The lowest BCUT2D eigenvalue weighted by Crippen LogP contribution is -2.41. The number of hydrogen-bond acceptors (Lipinski definition) is 4. The molecule has 1 aromatic rings. The van der Waals surface area contributed by atoms with Crippen molar-refractivity contribution in [2.75, 3.05) is 39.0 Å². The van der Waals surface area contributed by atoms with Gasteiger partial charge in [0.05, 0.1) is 0 Å². The second-order valence-corrected chi connectivity index (χ2v) is 5.51. The van der Waals surface area contributed by atoms with Crippen LogP contribution in [0.15, 0.2) is 18.3 Å². The Kier molecular flexibility index (Phi) is 5.16. The van der Waals surface area contributed by atoms with Gasteiger partial charge in [-0.1, -0.05) is 6.07 Å². The molecular formula is C15H26N4. The van der Waals surface area contributed by atoms with E-state index in [1.165, 1.54) is 31.5 Å². The van der Waals surface area contributed by atoms with Gasteiger partial charge in [0, 0.05) is 30.9 Å². The van der Waals surface area contributed by atoms with Crippen molar-refractivity contribution in [1.29, 1.82) is 0 Å². The lowest BCUT2D eigenvalue weighted by Gasteiger charge is -2.35. The lowest BCUT2D eigenvalue weighted by molar-refractivity contribution is 0.140. The van der Waals surface area contributed by atoms with Gasteiger partial charge in [0.25, 0.3) is 0 Å². The third-order valence-electron chi connectivity index (χ3n) is 3.92. The highest BCUT2D eigenvalue weighted by atomic mass is 15.2. The van der Waals surface area contributed by atoms with E-state index >= 15 is 0 Å². The van der Waals surface area contributed by atoms with Gasteiger partial charge < -0.3 is 10.2 Å². The first kappa shape index (κ1) is 14.3. The first-order chi connectivity index (χ1) is 9.20. The largest absolute Gasteiger partial charge is 0.370 e. The van der Waals surface area contributed by atoms with E-state index < -0.39 is 0 Å². The average Bonchev–Trinajstić information content (AvgIpc) is 2.42. The fourth-order valence-corrected chi connectivity index (χ4v) is 2.73. The molecule has 0 radical (unpaired) electrons. The summed E-state index contributed by atoms with van der Waals surface area (Å²) in [6.07, 6.45) is 4.40. The number of aromatic nitrogens is 1. The van der Waals surface area contributed by atoms with Crippen LogP contribution in [0.1, 0.15) is 25.3 Å². The van der Waals surface area contributed by atoms with E-state index in [-0.39, 0.29) is 0 Å². The van der Waals surface area contributed by atoms with E-state index in [9.17, 15) is 0 Å². The summed E-state index contributed by atoms with van der Waals surface area (Å²) in [5, 5.41) is 3.35. The molecule has 0 amide bonds. The Balaban J connectivity index is 1.92. The Morgan fingerprint density at radius 1 is 1.37 bits per heavy atom. The number of nitrogens with zero attached hydrogens (tertiary/aromatic N) is 3. The van der Waals surface area contributed by atoms with E-state index in [2.05, 4.69) is 47.2 Å². The summed E-state index contributed by atoms with van der Waals surface area (Å²) in [4.78, 5) is 9.32. The molecule has 2 rings (SSSR count). The highest BCUT2D eigenvalue weighted by molar-refractivity contribution is 5.43. The molecule has 1 aliphatic rings. The Labute approximate surface area is 116 Å². The standard InChI is InChI=1S/C15H26N4/c1-4-16-15-13(6-5-9-17-15)12-19-10-7-14(8-11-19)18(2)3/h5-6,9,14H,4,7-8,10-12H2,1-3H3,(H,16,17). The van der Waals surface area contributed by atoms with Gasteiger partial charge in [-0.15, -0.1) is 0 Å². The molecule has 106 valence electrons. The van der Waals surface area contributed by atoms with Gasteiger partial charge in [0.1, 0.15) is 5.82 Å². The molecule has 0 atom stereocenters. The van der Waals surface area contributed by atoms with Crippen LogP contribution in [0.2, 0.25) is 0 Å². The fraction of sp³-hybridized carbons (Fsp3) is 0.667. The second kappa shape index (κ2) is 6.87. The van der Waals surface area contributed by atoms with E-state index in [1.54, 1.807) is 0 Å². The first-order valence-electron chi connectivity index (χ1n) is 7.27. The number of likely N-dealkylation sites (tertiary alicyclic amines) is 1. The van der Waals surface area contributed by atoms with Crippen LogP contribution in [-0.2, 0) is 6.54 Å². The molecule has 0 unspecified atom stereocenters. The predicted molar refractivity (Wildman–Crippen MR) is 80.4 cm³/mol. The summed E-state index contributed by atoms with van der Waals surface area (Å²) < 4.78 is 0. The minimum atomic E-state index is 0.749. The molecule has 0 saturated carbocycles. The van der Waals surface area contributed by atoms with Crippen LogP contribution in [0.25, 0.3) is 0 Å². The van der Waals surface area contributed by atoms with E-state index in [4.69, 9.17) is 0 Å². The minimum absolute atomic E-state index is 0.749. The van der Waals surface area contributed by atoms with Crippen molar-refractivity contribution in [2.45, 2.75) is 32.4 Å². The maximum Gasteiger partial charge on any atom is 0.130 e. The molecule has 4 heteroatoms. The third-order valence-corrected chi connectivity index (χ3v) is 3.92. The van der Waals surface area contributed by atoms with Crippen molar-refractivity contribution in [3.05, 3.63) is 23.9 Å². The van der Waals surface area contributed by atoms with E-state index in [1.807, 2.05) is 12.3 Å². The van der Waals surface area contributed by atoms with Gasteiger partial charge in [0.2, 0.25) is 0 Å². The van der Waals surface area contributed by atoms with Crippen molar-refractivity contribution in [2.24, 2.45) is 0 Å². The Morgan fingerprint density at radius 3 is 2.74 bits per heavy atom. The zero-order valence-corrected chi connectivity index (χ0v) is 12.4. The molecule has 1 N–H and O–H groups in total. The first-order valence-corrected chi connectivity index (χ1v) is 7.27. The molecule has 0 aliphatic carbocycles. The number of piperidine rings is 1. The van der Waals surface area contributed by atoms with E-state index in [0.717, 1.165) is 24.9 Å². The van der Waals surface area contributed by atoms with Gasteiger partial charge in [-0.25, -0.2) is 4.98 Å². The van der Waals surface area contributed by atoms with Crippen molar-refractivity contribution in [1.82, 2.24) is 14.8 Å². The van der Waals surface area contributed by atoms with Gasteiger partial charge in [-0.2, -0.15) is 0 Å². The highest BCUT2D eigenvalue weighted by Crippen LogP contribution is 2.19. The average molecular weight is 262 g/mol. The van der Waals surface area contributed by atoms with Gasteiger partial charge in [-0.3, -0.25) is 4.90 Å². The zero-order valence-electron chi connectivity index (χ0n) is 12.4. The molecular weight excluding hydrogens is 236 g/mol. The quantitative estimate of drug-likeness (QED) is 0.880. The van der Waals surface area contributed by atoms with Crippen molar-refractivity contribution in [3.63, 3.8) is 0 Å². The zero-order chi connectivity index (χ0) is 13.7. The van der Waals surface area contributed by atoms with Gasteiger partial charge in [-0.05, 0) is 53.0 Å². The van der Waals surface area contributed by atoms with Crippen LogP contribution in [-0.4, -0.2) is 54.6 Å². The molecule has 19 heavy (non-hydrogen) atoms. The van der Waals surface area contributed by atoms with Crippen LogP contribution in [0.3, 0.4) is 0 Å². The fourth-order valence-electron chi connectivity index (χ4n) is 2.73. The minimum Gasteiger partial charge on any atom is -0.370 e. The summed E-state index contributed by atoms with van der Waals surface area (Å²) in [6, 6.07) is 4.96. The molecule has 4 nitrogen and oxygen atoms in total. The maximum absolute atomic E-state index is 4.43. The number of rotatable bonds is 5. The Hall–Kier alpha value is -1.13. The van der Waals surface area contributed by atoms with E-state index in [0.29, 0.717) is 0 Å². The number of pyridine rings is 1. The maximum atomic E-state index is 4.43. The van der Waals surface area contributed by atoms with Crippen molar-refractivity contribution in [3.8, 4) is 0 Å². The SMILES string of the molecule is CCNc1ncccc1CN1CCC(N(C)C)CC1. The van der Waals surface area contributed by atoms with Crippen molar-refractivity contribution < 1.29 is 0 Å². The lowest BCUT2D eigenvalue weighted by atomic mass is 10.0. The third kappa shape index (κ3) is 3.91. The monoisotopic (exact) mass is 262 g/mol. The molecule has 0 aromatic carbocycles. The molecule has 1 aliphatic heterocycles. The second-order valence-electron chi connectivity index (χ2n) is 5.51. The molecule has 0 bridgehead atoms. The smallest absolute Gasteiger partial charge is 0.130 e. The Morgan fingerprint density at radius 2 is 2.11 bits per heavy atom. The van der Waals surface area contributed by atoms with Crippen LogP contribution in [0.5, 0.6) is 0 Å². The number of hydrogen-bond donors (Lipinski definition) is 1. The predicted octanol–water partition coefficient (Wildman–Crippen LogP) is 2.04. The normalized spacial score (nSPS) is 17.9. The molecule has 2 heterocycles. The van der Waals surface area contributed by atoms with Crippen LogP contribution < -0.4 is 5.32 Å². The molecule has 1 aromatic heterocycles. The summed E-state index contributed by atoms with van der Waals surface area (Å²) in [5.74, 6) is 1.04. The van der Waals surface area contributed by atoms with Crippen LogP contribution in [0, 0.1) is 0 Å². The summed E-state index contributed by atoms with van der Waals surface area (Å²) in [7, 11) is 4.37. The number of anilines is 1.